The van der Waals surface area contributed by atoms with Crippen molar-refractivity contribution in [2.24, 2.45) is 0 Å². The molecule has 4 heteroatoms. The number of fused-ring (bicyclic) bond motifs is 1. The maximum atomic E-state index is 12.3. The average Bonchev–Trinajstić information content (AvgIpc) is 2.85. The minimum Gasteiger partial charge on any atom is -0.508 e. The van der Waals surface area contributed by atoms with Crippen molar-refractivity contribution >= 4 is 16.9 Å². The van der Waals surface area contributed by atoms with Gasteiger partial charge in [-0.25, -0.2) is 4.79 Å². The fraction of sp³-hybridized carbons (Fsp3) is 0.167. The molecule has 3 aromatic rings. The van der Waals surface area contributed by atoms with E-state index < -0.39 is 0 Å². The summed E-state index contributed by atoms with van der Waals surface area (Å²) >= 11 is 0. The van der Waals surface area contributed by atoms with Gasteiger partial charge in [0, 0.05) is 23.0 Å². The summed E-state index contributed by atoms with van der Waals surface area (Å²) in [7, 11) is 0. The van der Waals surface area contributed by atoms with Gasteiger partial charge in [-0.15, -0.1) is 0 Å². The molecular formula is C18H17NO3. The van der Waals surface area contributed by atoms with Gasteiger partial charge in [0.1, 0.15) is 5.75 Å². The lowest BCUT2D eigenvalue weighted by molar-refractivity contribution is 0.0527. The van der Waals surface area contributed by atoms with Crippen LogP contribution in [-0.2, 0) is 11.2 Å². The summed E-state index contributed by atoms with van der Waals surface area (Å²) in [5.74, 6) is -0.242. The molecule has 0 saturated carbocycles. The van der Waals surface area contributed by atoms with E-state index in [-0.39, 0.29) is 11.7 Å². The number of phenols is 1. The Bertz CT molecular complexity index is 806. The average molecular weight is 295 g/mol. The van der Waals surface area contributed by atoms with Crippen molar-refractivity contribution in [1.29, 1.82) is 0 Å². The van der Waals surface area contributed by atoms with E-state index in [1.807, 2.05) is 30.3 Å². The molecular weight excluding hydrogens is 278 g/mol. The predicted molar refractivity (Wildman–Crippen MR) is 85.2 cm³/mol. The Hall–Kier alpha value is -2.75. The number of aromatic nitrogens is 1. The van der Waals surface area contributed by atoms with Gasteiger partial charge in [0.2, 0.25) is 0 Å². The number of esters is 1. The first-order valence-corrected chi connectivity index (χ1v) is 7.23. The SMILES string of the molecule is CCOC(=O)c1c(Cc2ccccc2)[nH]c2ccc(O)cc12. The van der Waals surface area contributed by atoms with Crippen LogP contribution in [-0.4, -0.2) is 22.7 Å². The first-order valence-electron chi connectivity index (χ1n) is 7.23. The molecule has 0 radical (unpaired) electrons. The summed E-state index contributed by atoms with van der Waals surface area (Å²) in [6, 6.07) is 14.9. The highest BCUT2D eigenvalue weighted by atomic mass is 16.5. The minimum atomic E-state index is -0.370. The fourth-order valence-corrected chi connectivity index (χ4v) is 2.60. The van der Waals surface area contributed by atoms with E-state index in [0.717, 1.165) is 16.8 Å². The predicted octanol–water partition coefficient (Wildman–Crippen LogP) is 3.64. The molecule has 2 aromatic carbocycles. The summed E-state index contributed by atoms with van der Waals surface area (Å²) in [4.78, 5) is 15.6. The number of ether oxygens (including phenoxy) is 1. The van der Waals surface area contributed by atoms with E-state index in [1.54, 1.807) is 25.1 Å². The lowest BCUT2D eigenvalue weighted by atomic mass is 10.0. The number of carbonyl (C=O) groups excluding carboxylic acids is 1. The molecule has 0 amide bonds. The highest BCUT2D eigenvalue weighted by Crippen LogP contribution is 2.28. The monoisotopic (exact) mass is 295 g/mol. The van der Waals surface area contributed by atoms with Crippen LogP contribution in [0, 0.1) is 0 Å². The number of rotatable bonds is 4. The smallest absolute Gasteiger partial charge is 0.340 e. The Morgan fingerprint density at radius 1 is 1.18 bits per heavy atom. The molecule has 0 unspecified atom stereocenters. The Kier molecular flexibility index (Phi) is 3.83. The molecule has 0 bridgehead atoms. The lowest BCUT2D eigenvalue weighted by Crippen LogP contribution is -2.07. The van der Waals surface area contributed by atoms with Crippen LogP contribution >= 0.6 is 0 Å². The zero-order chi connectivity index (χ0) is 15.5. The maximum Gasteiger partial charge on any atom is 0.340 e. The number of H-pyrrole nitrogens is 1. The Labute approximate surface area is 128 Å². The molecule has 2 N–H and O–H groups in total. The highest BCUT2D eigenvalue weighted by Gasteiger charge is 2.20. The quantitative estimate of drug-likeness (QED) is 0.722. The Morgan fingerprint density at radius 3 is 2.68 bits per heavy atom. The maximum absolute atomic E-state index is 12.3. The molecule has 0 aliphatic heterocycles. The van der Waals surface area contributed by atoms with Gasteiger partial charge in [-0.3, -0.25) is 0 Å². The zero-order valence-electron chi connectivity index (χ0n) is 12.3. The van der Waals surface area contributed by atoms with Crippen LogP contribution < -0.4 is 0 Å². The molecule has 3 rings (SSSR count). The molecule has 1 heterocycles. The fourth-order valence-electron chi connectivity index (χ4n) is 2.60. The van der Waals surface area contributed by atoms with E-state index in [1.165, 1.54) is 0 Å². The summed E-state index contributed by atoms with van der Waals surface area (Å²) < 4.78 is 5.17. The van der Waals surface area contributed by atoms with Crippen molar-refractivity contribution in [2.75, 3.05) is 6.61 Å². The molecule has 112 valence electrons. The second-order valence-electron chi connectivity index (χ2n) is 5.09. The van der Waals surface area contributed by atoms with Crippen molar-refractivity contribution < 1.29 is 14.6 Å². The number of carbonyl (C=O) groups is 1. The summed E-state index contributed by atoms with van der Waals surface area (Å²) in [6.45, 7) is 2.09. The molecule has 0 atom stereocenters. The molecule has 0 aliphatic rings. The van der Waals surface area contributed by atoms with Crippen molar-refractivity contribution in [3.63, 3.8) is 0 Å². The first kappa shape index (κ1) is 14.2. The van der Waals surface area contributed by atoms with Gasteiger partial charge >= 0.3 is 5.97 Å². The standard InChI is InChI=1S/C18H17NO3/c1-2-22-18(21)17-14-11-13(20)8-9-15(14)19-16(17)10-12-6-4-3-5-7-12/h3-9,11,19-20H,2,10H2,1H3. The van der Waals surface area contributed by atoms with Gasteiger partial charge in [0.15, 0.2) is 0 Å². The molecule has 22 heavy (non-hydrogen) atoms. The molecule has 0 fully saturated rings. The highest BCUT2D eigenvalue weighted by molar-refractivity contribution is 6.06. The third kappa shape index (κ3) is 2.68. The van der Waals surface area contributed by atoms with Crippen LogP contribution in [0.1, 0.15) is 28.5 Å². The lowest BCUT2D eigenvalue weighted by Gasteiger charge is -2.05. The number of aromatic amines is 1. The summed E-state index contributed by atoms with van der Waals surface area (Å²) in [5, 5.41) is 10.4. The van der Waals surface area contributed by atoms with E-state index in [9.17, 15) is 9.90 Å². The van der Waals surface area contributed by atoms with Crippen molar-refractivity contribution in [1.82, 2.24) is 4.98 Å². The number of hydrogen-bond acceptors (Lipinski definition) is 3. The molecule has 0 aliphatic carbocycles. The number of aromatic hydroxyl groups is 1. The Morgan fingerprint density at radius 2 is 1.95 bits per heavy atom. The first-order chi connectivity index (χ1) is 10.7. The summed E-state index contributed by atoms with van der Waals surface area (Å²) in [6.07, 6.45) is 0.602. The van der Waals surface area contributed by atoms with Crippen LogP contribution in [0.2, 0.25) is 0 Å². The zero-order valence-corrected chi connectivity index (χ0v) is 12.3. The van der Waals surface area contributed by atoms with Gasteiger partial charge in [0.25, 0.3) is 0 Å². The molecule has 1 aromatic heterocycles. The third-order valence-corrected chi connectivity index (χ3v) is 3.56. The van der Waals surface area contributed by atoms with E-state index in [2.05, 4.69) is 4.98 Å². The van der Waals surface area contributed by atoms with Gasteiger partial charge in [-0.05, 0) is 30.7 Å². The van der Waals surface area contributed by atoms with Gasteiger partial charge in [-0.1, -0.05) is 30.3 Å². The minimum absolute atomic E-state index is 0.128. The van der Waals surface area contributed by atoms with Crippen molar-refractivity contribution in [3.8, 4) is 5.75 Å². The van der Waals surface area contributed by atoms with Gasteiger partial charge in [0.05, 0.1) is 12.2 Å². The molecule has 0 saturated heterocycles. The number of nitrogens with one attached hydrogen (secondary N) is 1. The van der Waals surface area contributed by atoms with E-state index in [4.69, 9.17) is 4.74 Å². The normalized spacial score (nSPS) is 10.8. The van der Waals surface area contributed by atoms with Crippen molar-refractivity contribution in [3.05, 3.63) is 65.4 Å². The van der Waals surface area contributed by atoms with Crippen molar-refractivity contribution in [2.45, 2.75) is 13.3 Å². The van der Waals surface area contributed by atoms with Crippen LogP contribution in [0.4, 0.5) is 0 Å². The van der Waals surface area contributed by atoms with Crippen LogP contribution in [0.25, 0.3) is 10.9 Å². The number of phenolic OH excluding ortho intramolecular Hbond substituents is 1. The second-order valence-corrected chi connectivity index (χ2v) is 5.09. The van der Waals surface area contributed by atoms with Gasteiger partial charge in [-0.2, -0.15) is 0 Å². The van der Waals surface area contributed by atoms with Crippen LogP contribution in [0.3, 0.4) is 0 Å². The topological polar surface area (TPSA) is 62.3 Å². The largest absolute Gasteiger partial charge is 0.508 e. The Balaban J connectivity index is 2.11. The van der Waals surface area contributed by atoms with Crippen LogP contribution in [0.5, 0.6) is 5.75 Å². The molecule has 0 spiro atoms. The molecule has 4 nitrogen and oxygen atoms in total. The van der Waals surface area contributed by atoms with Gasteiger partial charge < -0.3 is 14.8 Å². The third-order valence-electron chi connectivity index (χ3n) is 3.56. The van der Waals surface area contributed by atoms with E-state index >= 15 is 0 Å². The number of hydrogen-bond donors (Lipinski definition) is 2. The second kappa shape index (κ2) is 5.93. The van der Waals surface area contributed by atoms with E-state index in [0.29, 0.717) is 24.0 Å². The summed E-state index contributed by atoms with van der Waals surface area (Å²) in [5.41, 5.74) is 3.21. The van der Waals surface area contributed by atoms with Crippen LogP contribution in [0.15, 0.2) is 48.5 Å². The number of benzene rings is 2.